The highest BCUT2D eigenvalue weighted by Crippen LogP contribution is 2.22. The quantitative estimate of drug-likeness (QED) is 0.455. The van der Waals surface area contributed by atoms with Crippen molar-refractivity contribution in [3.63, 3.8) is 0 Å². The average Bonchev–Trinajstić information content (AvgIpc) is 3.40. The molecule has 28 heavy (non-hydrogen) atoms. The summed E-state index contributed by atoms with van der Waals surface area (Å²) in [6.45, 7) is 3.70. The van der Waals surface area contributed by atoms with E-state index in [-0.39, 0.29) is 5.91 Å². The zero-order valence-corrected chi connectivity index (χ0v) is 17.0. The van der Waals surface area contributed by atoms with Crippen LogP contribution in [0.15, 0.2) is 41.8 Å². The zero-order chi connectivity index (χ0) is 19.5. The fourth-order valence-electron chi connectivity index (χ4n) is 3.21. The van der Waals surface area contributed by atoms with Crippen molar-refractivity contribution < 1.29 is 4.79 Å². The van der Waals surface area contributed by atoms with Gasteiger partial charge in [-0.15, -0.1) is 11.3 Å². The number of thiophene rings is 1. The first kappa shape index (κ1) is 18.6. The molecule has 1 aromatic carbocycles. The lowest BCUT2D eigenvalue weighted by Crippen LogP contribution is -2.28. The number of benzene rings is 1. The van der Waals surface area contributed by atoms with Crippen LogP contribution in [0.5, 0.6) is 0 Å². The second-order valence-electron chi connectivity index (χ2n) is 6.38. The highest BCUT2D eigenvalue weighted by molar-refractivity contribution is 7.71. The first-order chi connectivity index (χ1) is 13.6. The molecule has 144 valence electrons. The second-order valence-corrected chi connectivity index (χ2v) is 7.72. The maximum absolute atomic E-state index is 12.3. The number of nitrogens with one attached hydrogen (secondary N) is 2. The molecule has 0 aliphatic carbocycles. The third-order valence-electron chi connectivity index (χ3n) is 4.57. The third-order valence-corrected chi connectivity index (χ3v) is 5.74. The smallest absolute Gasteiger partial charge is 0.221 e. The molecular weight excluding hydrogens is 392 g/mol. The van der Waals surface area contributed by atoms with E-state index in [1.54, 1.807) is 11.3 Å². The molecule has 9 heteroatoms. The van der Waals surface area contributed by atoms with Gasteiger partial charge >= 0.3 is 0 Å². The van der Waals surface area contributed by atoms with Gasteiger partial charge in [0.1, 0.15) is 5.82 Å². The number of amides is 1. The van der Waals surface area contributed by atoms with Crippen molar-refractivity contribution >= 4 is 40.5 Å². The molecule has 0 fully saturated rings. The molecule has 0 aliphatic rings. The van der Waals surface area contributed by atoms with Crippen molar-refractivity contribution in [3.05, 3.63) is 52.4 Å². The van der Waals surface area contributed by atoms with Gasteiger partial charge in [0.05, 0.1) is 15.9 Å². The number of aromatic nitrogens is 5. The van der Waals surface area contributed by atoms with Crippen molar-refractivity contribution in [1.82, 2.24) is 29.6 Å². The molecule has 0 atom stereocenters. The summed E-state index contributed by atoms with van der Waals surface area (Å²) in [4.78, 5) is 17.9. The fraction of sp³-hybridized carbons (Fsp3) is 0.263. The molecule has 2 N–H and O–H groups in total. The van der Waals surface area contributed by atoms with Gasteiger partial charge in [0, 0.05) is 26.1 Å². The van der Waals surface area contributed by atoms with Gasteiger partial charge in [-0.1, -0.05) is 18.2 Å². The second kappa shape index (κ2) is 8.07. The van der Waals surface area contributed by atoms with Gasteiger partial charge in [0.25, 0.3) is 0 Å². The molecule has 0 spiro atoms. The number of rotatable bonds is 7. The lowest BCUT2D eigenvalue weighted by molar-refractivity contribution is -0.121. The van der Waals surface area contributed by atoms with Crippen LogP contribution in [-0.2, 0) is 17.9 Å². The number of carbonyl (C=O) groups excluding carboxylic acids is 1. The lowest BCUT2D eigenvalue weighted by atomic mass is 10.3. The monoisotopic (exact) mass is 412 g/mol. The Bertz CT molecular complexity index is 1150. The van der Waals surface area contributed by atoms with E-state index >= 15 is 0 Å². The predicted octanol–water partition coefficient (Wildman–Crippen LogP) is 3.53. The minimum atomic E-state index is -0.0118. The SMILES string of the molecule is Cc1nc2ccccc2n1CCNC(=O)CCn1c(-c2cccs2)n[nH]c1=S. The fourth-order valence-corrected chi connectivity index (χ4v) is 4.15. The minimum absolute atomic E-state index is 0.0118. The summed E-state index contributed by atoms with van der Waals surface area (Å²) in [5.41, 5.74) is 2.06. The van der Waals surface area contributed by atoms with Crippen LogP contribution in [0.1, 0.15) is 12.2 Å². The normalized spacial score (nSPS) is 11.2. The van der Waals surface area contributed by atoms with E-state index in [2.05, 4.69) is 25.1 Å². The Kier molecular flexibility index (Phi) is 5.36. The molecule has 0 saturated heterocycles. The molecule has 1 amide bonds. The number of para-hydroxylation sites is 2. The lowest BCUT2D eigenvalue weighted by Gasteiger charge is -2.09. The Balaban J connectivity index is 1.34. The minimum Gasteiger partial charge on any atom is -0.354 e. The maximum Gasteiger partial charge on any atom is 0.221 e. The number of H-pyrrole nitrogens is 1. The van der Waals surface area contributed by atoms with Crippen LogP contribution in [0.3, 0.4) is 0 Å². The van der Waals surface area contributed by atoms with Crippen LogP contribution in [0.2, 0.25) is 0 Å². The molecular formula is C19H20N6OS2. The zero-order valence-electron chi connectivity index (χ0n) is 15.4. The first-order valence-electron chi connectivity index (χ1n) is 9.01. The van der Waals surface area contributed by atoms with Crippen molar-refractivity contribution in [2.75, 3.05) is 6.54 Å². The van der Waals surface area contributed by atoms with Crippen molar-refractivity contribution in [2.45, 2.75) is 26.4 Å². The molecule has 4 aromatic rings. The molecule has 0 saturated carbocycles. The Morgan fingerprint density at radius 2 is 2.07 bits per heavy atom. The van der Waals surface area contributed by atoms with Crippen molar-refractivity contribution in [2.24, 2.45) is 0 Å². The van der Waals surface area contributed by atoms with E-state index in [0.717, 1.165) is 27.6 Å². The number of nitrogens with zero attached hydrogens (tertiary/aromatic N) is 4. The Morgan fingerprint density at radius 3 is 2.89 bits per heavy atom. The highest BCUT2D eigenvalue weighted by Gasteiger charge is 2.12. The van der Waals surface area contributed by atoms with Gasteiger partial charge in [-0.2, -0.15) is 5.10 Å². The maximum atomic E-state index is 12.3. The molecule has 0 aliphatic heterocycles. The molecule has 7 nitrogen and oxygen atoms in total. The van der Waals surface area contributed by atoms with Crippen molar-refractivity contribution in [3.8, 4) is 10.7 Å². The Morgan fingerprint density at radius 1 is 1.21 bits per heavy atom. The first-order valence-corrected chi connectivity index (χ1v) is 10.3. The van der Waals surface area contributed by atoms with Crippen LogP contribution < -0.4 is 5.32 Å². The number of aryl methyl sites for hydroxylation is 1. The van der Waals surface area contributed by atoms with E-state index in [1.165, 1.54) is 0 Å². The summed E-state index contributed by atoms with van der Waals surface area (Å²) in [7, 11) is 0. The number of aromatic amines is 1. The van der Waals surface area contributed by atoms with Gasteiger partial charge in [0.15, 0.2) is 10.6 Å². The van der Waals surface area contributed by atoms with E-state index in [0.29, 0.717) is 30.8 Å². The molecule has 3 aromatic heterocycles. The van der Waals surface area contributed by atoms with Gasteiger partial charge < -0.3 is 9.88 Å². The van der Waals surface area contributed by atoms with E-state index < -0.39 is 0 Å². The highest BCUT2D eigenvalue weighted by atomic mass is 32.1. The van der Waals surface area contributed by atoms with Crippen LogP contribution in [0.4, 0.5) is 0 Å². The van der Waals surface area contributed by atoms with E-state index in [4.69, 9.17) is 12.2 Å². The summed E-state index contributed by atoms with van der Waals surface area (Å²) < 4.78 is 4.52. The number of carbonyl (C=O) groups is 1. The van der Waals surface area contributed by atoms with Gasteiger partial charge in [-0.25, -0.2) is 4.98 Å². The number of hydrogen-bond acceptors (Lipinski definition) is 5. The van der Waals surface area contributed by atoms with Crippen molar-refractivity contribution in [1.29, 1.82) is 0 Å². The third kappa shape index (κ3) is 3.76. The summed E-state index contributed by atoms with van der Waals surface area (Å²) in [5.74, 6) is 1.70. The molecule has 0 radical (unpaired) electrons. The summed E-state index contributed by atoms with van der Waals surface area (Å²) >= 11 is 6.90. The van der Waals surface area contributed by atoms with Crippen LogP contribution in [-0.4, -0.2) is 36.8 Å². The van der Waals surface area contributed by atoms with Gasteiger partial charge in [0.2, 0.25) is 5.91 Å². The van der Waals surface area contributed by atoms with E-state index in [9.17, 15) is 4.79 Å². The molecule has 0 bridgehead atoms. The van der Waals surface area contributed by atoms with Gasteiger partial charge in [-0.3, -0.25) is 14.5 Å². The summed E-state index contributed by atoms with van der Waals surface area (Å²) in [5, 5.41) is 12.1. The van der Waals surface area contributed by atoms with E-state index in [1.807, 2.05) is 53.3 Å². The number of fused-ring (bicyclic) bond motifs is 1. The summed E-state index contributed by atoms with van der Waals surface area (Å²) in [6.07, 6.45) is 0.343. The molecule has 4 rings (SSSR count). The molecule has 3 heterocycles. The van der Waals surface area contributed by atoms with Crippen LogP contribution >= 0.6 is 23.6 Å². The van der Waals surface area contributed by atoms with Crippen LogP contribution in [0, 0.1) is 11.7 Å². The number of imidazole rings is 1. The molecule has 0 unspecified atom stereocenters. The standard InChI is InChI=1S/C19H20N6OS2/c1-13-21-14-5-2-3-6-15(14)24(13)11-9-20-17(26)8-10-25-18(22-23-19(25)27)16-7-4-12-28-16/h2-7,12H,8-11H2,1H3,(H,20,26)(H,23,27). The van der Waals surface area contributed by atoms with Crippen LogP contribution in [0.25, 0.3) is 21.7 Å². The summed E-state index contributed by atoms with van der Waals surface area (Å²) in [6, 6.07) is 12.0. The topological polar surface area (TPSA) is 80.5 Å². The predicted molar refractivity (Wildman–Crippen MR) is 113 cm³/mol. The largest absolute Gasteiger partial charge is 0.354 e. The Labute approximate surface area is 171 Å². The average molecular weight is 413 g/mol. The number of hydrogen-bond donors (Lipinski definition) is 2. The Hall–Kier alpha value is -2.78. The van der Waals surface area contributed by atoms with Gasteiger partial charge in [-0.05, 0) is 42.7 Å².